The summed E-state index contributed by atoms with van der Waals surface area (Å²) in [5.74, 6) is 0. The van der Waals surface area contributed by atoms with Crippen molar-refractivity contribution >= 4 is 27.3 Å². The van der Waals surface area contributed by atoms with E-state index in [0.29, 0.717) is 0 Å². The molecule has 76 valence electrons. The minimum absolute atomic E-state index is 0.103. The highest BCUT2D eigenvalue weighted by atomic mass is 79.9. The van der Waals surface area contributed by atoms with Crippen molar-refractivity contribution in [2.75, 3.05) is 19.0 Å². The molecule has 5 heteroatoms. The van der Waals surface area contributed by atoms with Crippen molar-refractivity contribution in [2.45, 2.75) is 6.92 Å². The Labute approximate surface area is 90.8 Å². The predicted octanol–water partition coefficient (Wildman–Crippen LogP) is 2.73. The number of anilines is 1. The van der Waals surface area contributed by atoms with Crippen LogP contribution in [0.5, 0.6) is 0 Å². The van der Waals surface area contributed by atoms with Gasteiger partial charge in [0, 0.05) is 36.4 Å². The molecule has 0 fully saturated rings. The standard InChI is InChI=1S/C9H11BrN2O2/c1-6-8(10)4-7(12(13)14)5-9(6)11(2)3/h4-5H,1-3H3. The lowest BCUT2D eigenvalue weighted by Crippen LogP contribution is -2.10. The van der Waals surface area contributed by atoms with Gasteiger partial charge < -0.3 is 4.90 Å². The van der Waals surface area contributed by atoms with Gasteiger partial charge in [-0.05, 0) is 12.5 Å². The van der Waals surface area contributed by atoms with Crippen LogP contribution in [0.2, 0.25) is 0 Å². The maximum atomic E-state index is 10.6. The molecule has 0 aliphatic carbocycles. The van der Waals surface area contributed by atoms with Gasteiger partial charge in [0.1, 0.15) is 0 Å². The lowest BCUT2D eigenvalue weighted by molar-refractivity contribution is -0.384. The van der Waals surface area contributed by atoms with Crippen molar-refractivity contribution < 1.29 is 4.92 Å². The summed E-state index contributed by atoms with van der Waals surface area (Å²) in [5.41, 5.74) is 1.96. The summed E-state index contributed by atoms with van der Waals surface area (Å²) in [6, 6.07) is 3.09. The van der Waals surface area contributed by atoms with Crippen molar-refractivity contribution in [2.24, 2.45) is 0 Å². The topological polar surface area (TPSA) is 46.4 Å². The Bertz CT molecular complexity index is 377. The zero-order valence-electron chi connectivity index (χ0n) is 8.24. The van der Waals surface area contributed by atoms with Crippen LogP contribution in [0.15, 0.2) is 16.6 Å². The molecular formula is C9H11BrN2O2. The van der Waals surface area contributed by atoms with E-state index in [4.69, 9.17) is 0 Å². The second-order valence-corrected chi connectivity index (χ2v) is 4.08. The SMILES string of the molecule is Cc1c(Br)cc([N+](=O)[O-])cc1N(C)C. The number of hydrogen-bond acceptors (Lipinski definition) is 3. The summed E-state index contributed by atoms with van der Waals surface area (Å²) in [5, 5.41) is 10.6. The van der Waals surface area contributed by atoms with Gasteiger partial charge in [-0.15, -0.1) is 0 Å². The fourth-order valence-corrected chi connectivity index (χ4v) is 1.66. The number of rotatable bonds is 2. The summed E-state index contributed by atoms with van der Waals surface area (Å²) in [4.78, 5) is 12.1. The molecule has 0 amide bonds. The Morgan fingerprint density at radius 1 is 1.43 bits per heavy atom. The second-order valence-electron chi connectivity index (χ2n) is 3.22. The fourth-order valence-electron chi connectivity index (χ4n) is 1.22. The molecule has 0 spiro atoms. The average Bonchev–Trinajstić information content (AvgIpc) is 2.08. The Hall–Kier alpha value is -1.10. The number of nitro benzene ring substituents is 1. The molecule has 0 aromatic heterocycles. The van der Waals surface area contributed by atoms with Gasteiger partial charge in [-0.25, -0.2) is 0 Å². The predicted molar refractivity (Wildman–Crippen MR) is 59.9 cm³/mol. The van der Waals surface area contributed by atoms with Crippen LogP contribution < -0.4 is 4.90 Å². The molecule has 1 aromatic rings. The number of nitro groups is 1. The summed E-state index contributed by atoms with van der Waals surface area (Å²) in [6.45, 7) is 1.92. The van der Waals surface area contributed by atoms with E-state index in [-0.39, 0.29) is 5.69 Å². The zero-order valence-corrected chi connectivity index (χ0v) is 9.83. The third kappa shape index (κ3) is 2.04. The van der Waals surface area contributed by atoms with Crippen molar-refractivity contribution in [1.82, 2.24) is 0 Å². The largest absolute Gasteiger partial charge is 0.377 e. The molecule has 14 heavy (non-hydrogen) atoms. The van der Waals surface area contributed by atoms with Gasteiger partial charge in [-0.3, -0.25) is 10.1 Å². The summed E-state index contributed by atoms with van der Waals surface area (Å²) in [7, 11) is 3.72. The third-order valence-corrected chi connectivity index (χ3v) is 2.82. The molecular weight excluding hydrogens is 248 g/mol. The van der Waals surface area contributed by atoms with Gasteiger partial charge in [-0.2, -0.15) is 0 Å². The van der Waals surface area contributed by atoms with Crippen molar-refractivity contribution in [3.8, 4) is 0 Å². The summed E-state index contributed by atoms with van der Waals surface area (Å²) < 4.78 is 0.760. The van der Waals surface area contributed by atoms with E-state index >= 15 is 0 Å². The van der Waals surface area contributed by atoms with E-state index in [1.807, 2.05) is 25.9 Å². The van der Waals surface area contributed by atoms with Gasteiger partial charge in [-0.1, -0.05) is 15.9 Å². The van der Waals surface area contributed by atoms with Gasteiger partial charge in [0.05, 0.1) is 4.92 Å². The molecule has 0 aliphatic heterocycles. The van der Waals surface area contributed by atoms with Crippen LogP contribution in [0.25, 0.3) is 0 Å². The van der Waals surface area contributed by atoms with Gasteiger partial charge in [0.2, 0.25) is 0 Å². The molecule has 0 radical (unpaired) electrons. The van der Waals surface area contributed by atoms with E-state index < -0.39 is 4.92 Å². The van der Waals surface area contributed by atoms with Crippen molar-refractivity contribution in [3.05, 3.63) is 32.3 Å². The first-order valence-corrected chi connectivity index (χ1v) is 4.84. The van der Waals surface area contributed by atoms with E-state index in [0.717, 1.165) is 15.7 Å². The van der Waals surface area contributed by atoms with E-state index in [2.05, 4.69) is 15.9 Å². The highest BCUT2D eigenvalue weighted by molar-refractivity contribution is 9.10. The maximum absolute atomic E-state index is 10.6. The Morgan fingerprint density at radius 2 is 2.00 bits per heavy atom. The molecule has 0 unspecified atom stereocenters. The van der Waals surface area contributed by atoms with Gasteiger partial charge >= 0.3 is 0 Å². The smallest absolute Gasteiger partial charge is 0.272 e. The first kappa shape index (κ1) is 11.0. The van der Waals surface area contributed by atoms with Crippen molar-refractivity contribution in [3.63, 3.8) is 0 Å². The molecule has 4 nitrogen and oxygen atoms in total. The molecule has 0 atom stereocenters. The first-order valence-electron chi connectivity index (χ1n) is 4.05. The molecule has 0 bridgehead atoms. The molecule has 1 rings (SSSR count). The minimum Gasteiger partial charge on any atom is -0.377 e. The third-order valence-electron chi connectivity index (χ3n) is 1.99. The summed E-state index contributed by atoms with van der Waals surface area (Å²) >= 11 is 3.30. The Morgan fingerprint density at radius 3 is 2.43 bits per heavy atom. The molecule has 0 saturated carbocycles. The monoisotopic (exact) mass is 258 g/mol. The second kappa shape index (κ2) is 3.96. The number of nitrogens with zero attached hydrogens (tertiary/aromatic N) is 2. The van der Waals surface area contributed by atoms with Gasteiger partial charge in [0.25, 0.3) is 5.69 Å². The van der Waals surface area contributed by atoms with Crippen LogP contribution in [0.4, 0.5) is 11.4 Å². The normalized spacial score (nSPS) is 10.0. The quantitative estimate of drug-likeness (QED) is 0.606. The fraction of sp³-hybridized carbons (Fsp3) is 0.333. The van der Waals surface area contributed by atoms with E-state index in [1.54, 1.807) is 6.07 Å². The molecule has 0 aliphatic rings. The first-order chi connectivity index (χ1) is 6.43. The van der Waals surface area contributed by atoms with Crippen LogP contribution in [0.1, 0.15) is 5.56 Å². The molecule has 1 aromatic carbocycles. The minimum atomic E-state index is -0.392. The number of hydrogen-bond donors (Lipinski definition) is 0. The van der Waals surface area contributed by atoms with E-state index in [9.17, 15) is 10.1 Å². The zero-order chi connectivity index (χ0) is 10.9. The molecule has 0 N–H and O–H groups in total. The number of benzene rings is 1. The van der Waals surface area contributed by atoms with E-state index in [1.165, 1.54) is 6.07 Å². The lowest BCUT2D eigenvalue weighted by Gasteiger charge is -2.16. The maximum Gasteiger partial charge on any atom is 0.272 e. The van der Waals surface area contributed by atoms with Crippen LogP contribution >= 0.6 is 15.9 Å². The molecule has 0 heterocycles. The van der Waals surface area contributed by atoms with Gasteiger partial charge in [0.15, 0.2) is 0 Å². The molecule has 0 saturated heterocycles. The highest BCUT2D eigenvalue weighted by Gasteiger charge is 2.13. The van der Waals surface area contributed by atoms with Crippen LogP contribution in [-0.4, -0.2) is 19.0 Å². The highest BCUT2D eigenvalue weighted by Crippen LogP contribution is 2.31. The Balaban J connectivity index is 3.35. The average molecular weight is 259 g/mol. The Kier molecular flexibility index (Phi) is 3.10. The van der Waals surface area contributed by atoms with Crippen molar-refractivity contribution in [1.29, 1.82) is 0 Å². The number of non-ortho nitro benzene ring substituents is 1. The van der Waals surface area contributed by atoms with Crippen LogP contribution in [0, 0.1) is 17.0 Å². The van der Waals surface area contributed by atoms with Crippen LogP contribution in [-0.2, 0) is 0 Å². The summed E-state index contributed by atoms with van der Waals surface area (Å²) in [6.07, 6.45) is 0. The lowest BCUT2D eigenvalue weighted by atomic mass is 10.1. The van der Waals surface area contributed by atoms with Crippen LogP contribution in [0.3, 0.4) is 0 Å². The number of halogens is 1.